The van der Waals surface area contributed by atoms with Gasteiger partial charge in [-0.3, -0.25) is 4.79 Å². The van der Waals surface area contributed by atoms with Crippen LogP contribution >= 0.6 is 0 Å². The van der Waals surface area contributed by atoms with Gasteiger partial charge in [0.1, 0.15) is 0 Å². The van der Waals surface area contributed by atoms with Crippen LogP contribution < -0.4 is 5.32 Å². The van der Waals surface area contributed by atoms with Crippen molar-refractivity contribution in [3.05, 3.63) is 0 Å². The van der Waals surface area contributed by atoms with E-state index in [1.54, 1.807) is 0 Å². The van der Waals surface area contributed by atoms with E-state index in [-0.39, 0.29) is 19.7 Å². The minimum atomic E-state index is -2.56. The van der Waals surface area contributed by atoms with Crippen molar-refractivity contribution >= 4 is 5.91 Å². The highest BCUT2D eigenvalue weighted by molar-refractivity contribution is 5.78. The maximum Gasteiger partial charge on any atom is 0.255 e. The van der Waals surface area contributed by atoms with Gasteiger partial charge in [0.2, 0.25) is 5.91 Å². The Morgan fingerprint density at radius 3 is 2.67 bits per heavy atom. The topological polar surface area (TPSA) is 52.6 Å². The fourth-order valence-corrected chi connectivity index (χ4v) is 1.09. The van der Waals surface area contributed by atoms with Gasteiger partial charge < -0.3 is 15.3 Å². The van der Waals surface area contributed by atoms with Crippen LogP contribution in [0, 0.1) is 0 Å². The van der Waals surface area contributed by atoms with E-state index in [1.165, 1.54) is 0 Å². The lowest BCUT2D eigenvalue weighted by Crippen LogP contribution is -2.42. The van der Waals surface area contributed by atoms with E-state index in [1.807, 2.05) is 6.92 Å². The first-order chi connectivity index (χ1) is 7.11. The molecule has 0 aliphatic rings. The van der Waals surface area contributed by atoms with Crippen LogP contribution in [0.2, 0.25) is 0 Å². The molecule has 0 spiro atoms. The van der Waals surface area contributed by atoms with Gasteiger partial charge in [0.05, 0.1) is 19.7 Å². The Balaban J connectivity index is 3.92. The zero-order valence-corrected chi connectivity index (χ0v) is 8.88. The lowest BCUT2D eigenvalue weighted by atomic mass is 10.4. The second-order valence-electron chi connectivity index (χ2n) is 3.13. The molecular weight excluding hydrogens is 206 g/mol. The van der Waals surface area contributed by atoms with E-state index in [0.717, 1.165) is 11.3 Å². The van der Waals surface area contributed by atoms with E-state index in [0.29, 0.717) is 6.54 Å². The zero-order valence-electron chi connectivity index (χ0n) is 8.88. The molecule has 0 atom stereocenters. The molecule has 0 fully saturated rings. The third-order valence-corrected chi connectivity index (χ3v) is 1.78. The van der Waals surface area contributed by atoms with E-state index < -0.39 is 18.9 Å². The summed E-state index contributed by atoms with van der Waals surface area (Å²) in [6.07, 6.45) is -1.69. The van der Waals surface area contributed by atoms with Gasteiger partial charge in [-0.2, -0.15) is 0 Å². The second-order valence-corrected chi connectivity index (χ2v) is 3.13. The predicted octanol–water partition coefficient (Wildman–Crippen LogP) is 0.0720. The van der Waals surface area contributed by atoms with Crippen LogP contribution in [0.1, 0.15) is 13.3 Å². The molecule has 0 aliphatic carbocycles. The molecule has 0 aliphatic heterocycles. The molecule has 0 aromatic rings. The van der Waals surface area contributed by atoms with Crippen LogP contribution in [0.5, 0.6) is 0 Å². The van der Waals surface area contributed by atoms with Gasteiger partial charge in [0.25, 0.3) is 6.43 Å². The third kappa shape index (κ3) is 7.21. The molecule has 0 rings (SSSR count). The monoisotopic (exact) mass is 224 g/mol. The largest absolute Gasteiger partial charge is 0.395 e. The van der Waals surface area contributed by atoms with Crippen LogP contribution in [-0.2, 0) is 4.79 Å². The van der Waals surface area contributed by atoms with E-state index in [9.17, 15) is 13.6 Å². The molecule has 15 heavy (non-hydrogen) atoms. The molecule has 0 saturated heterocycles. The summed E-state index contributed by atoms with van der Waals surface area (Å²) in [5, 5.41) is 11.4. The number of carbonyl (C=O) groups is 1. The number of alkyl halides is 2. The van der Waals surface area contributed by atoms with Crippen LogP contribution in [0.25, 0.3) is 0 Å². The average Bonchev–Trinajstić information content (AvgIpc) is 2.17. The second kappa shape index (κ2) is 8.55. The first-order valence-electron chi connectivity index (χ1n) is 4.99. The van der Waals surface area contributed by atoms with Crippen LogP contribution in [0.15, 0.2) is 0 Å². The number of rotatable bonds is 8. The number of aliphatic hydroxyl groups excluding tert-OH is 1. The number of halogens is 2. The summed E-state index contributed by atoms with van der Waals surface area (Å²) in [4.78, 5) is 12.3. The van der Waals surface area contributed by atoms with Gasteiger partial charge >= 0.3 is 0 Å². The van der Waals surface area contributed by atoms with Crippen molar-refractivity contribution in [1.29, 1.82) is 0 Å². The number of nitrogens with zero attached hydrogens (tertiary/aromatic N) is 1. The Hall–Kier alpha value is -0.750. The van der Waals surface area contributed by atoms with Crippen LogP contribution in [0.4, 0.5) is 8.78 Å². The van der Waals surface area contributed by atoms with Crippen molar-refractivity contribution in [3.63, 3.8) is 0 Å². The fourth-order valence-electron chi connectivity index (χ4n) is 1.09. The van der Waals surface area contributed by atoms with Gasteiger partial charge in [-0.25, -0.2) is 8.78 Å². The van der Waals surface area contributed by atoms with E-state index >= 15 is 0 Å². The highest BCUT2D eigenvalue weighted by atomic mass is 19.3. The van der Waals surface area contributed by atoms with Crippen molar-refractivity contribution in [3.8, 4) is 0 Å². The molecule has 4 nitrogen and oxygen atoms in total. The Morgan fingerprint density at radius 2 is 2.20 bits per heavy atom. The quantitative estimate of drug-likeness (QED) is 0.574. The standard InChI is InChI=1S/C9H18F2N2O2/c1-2-3-12-6-9(15)13(4-5-14)7-8(10)11/h8,12,14H,2-7H2,1H3. The molecule has 90 valence electrons. The van der Waals surface area contributed by atoms with Gasteiger partial charge in [0, 0.05) is 6.54 Å². The van der Waals surface area contributed by atoms with Gasteiger partial charge in [-0.15, -0.1) is 0 Å². The summed E-state index contributed by atoms with van der Waals surface area (Å²) in [6, 6.07) is 0. The molecule has 6 heteroatoms. The molecule has 0 aromatic carbocycles. The first-order valence-corrected chi connectivity index (χ1v) is 4.99. The summed E-state index contributed by atoms with van der Waals surface area (Å²) in [5.41, 5.74) is 0. The van der Waals surface area contributed by atoms with Crippen molar-refractivity contribution in [2.45, 2.75) is 19.8 Å². The van der Waals surface area contributed by atoms with E-state index in [4.69, 9.17) is 5.11 Å². The predicted molar refractivity (Wildman–Crippen MR) is 52.8 cm³/mol. The van der Waals surface area contributed by atoms with Gasteiger partial charge in [-0.05, 0) is 13.0 Å². The minimum Gasteiger partial charge on any atom is -0.395 e. The Labute approximate surface area is 88.3 Å². The maximum absolute atomic E-state index is 12.1. The fraction of sp³-hybridized carbons (Fsp3) is 0.889. The molecule has 2 N–H and O–H groups in total. The summed E-state index contributed by atoms with van der Waals surface area (Å²) < 4.78 is 24.1. The summed E-state index contributed by atoms with van der Waals surface area (Å²) >= 11 is 0. The van der Waals surface area contributed by atoms with Crippen LogP contribution in [0.3, 0.4) is 0 Å². The molecule has 0 saturated carbocycles. The molecule has 0 bridgehead atoms. The number of carbonyl (C=O) groups excluding carboxylic acids is 1. The van der Waals surface area contributed by atoms with Gasteiger partial charge in [0.15, 0.2) is 0 Å². The molecule has 0 unspecified atom stereocenters. The molecule has 0 radical (unpaired) electrons. The van der Waals surface area contributed by atoms with Crippen molar-refractivity contribution < 1.29 is 18.7 Å². The maximum atomic E-state index is 12.1. The van der Waals surface area contributed by atoms with Crippen molar-refractivity contribution in [2.75, 3.05) is 32.8 Å². The third-order valence-electron chi connectivity index (χ3n) is 1.78. The lowest BCUT2D eigenvalue weighted by molar-refractivity contribution is -0.132. The summed E-state index contributed by atoms with van der Waals surface area (Å²) in [7, 11) is 0. The lowest BCUT2D eigenvalue weighted by Gasteiger charge is -2.21. The number of nitrogens with one attached hydrogen (secondary N) is 1. The summed E-state index contributed by atoms with van der Waals surface area (Å²) in [6.45, 7) is 1.70. The highest BCUT2D eigenvalue weighted by Gasteiger charge is 2.16. The molecular formula is C9H18F2N2O2. The number of amides is 1. The first kappa shape index (κ1) is 14.2. The van der Waals surface area contributed by atoms with Crippen molar-refractivity contribution in [1.82, 2.24) is 10.2 Å². The Morgan fingerprint density at radius 1 is 1.53 bits per heavy atom. The normalized spacial score (nSPS) is 10.7. The Kier molecular flexibility index (Phi) is 8.12. The SMILES string of the molecule is CCCNCC(=O)N(CCO)CC(F)F. The molecule has 0 aromatic heterocycles. The van der Waals surface area contributed by atoms with Crippen LogP contribution in [-0.4, -0.2) is 55.1 Å². The minimum absolute atomic E-state index is 0.0422. The van der Waals surface area contributed by atoms with Gasteiger partial charge in [-0.1, -0.05) is 6.92 Å². The highest BCUT2D eigenvalue weighted by Crippen LogP contribution is 1.98. The number of hydrogen-bond acceptors (Lipinski definition) is 3. The average molecular weight is 224 g/mol. The van der Waals surface area contributed by atoms with E-state index in [2.05, 4.69) is 5.32 Å². The zero-order chi connectivity index (χ0) is 11.7. The number of aliphatic hydroxyl groups is 1. The van der Waals surface area contributed by atoms with Crippen molar-refractivity contribution in [2.24, 2.45) is 0 Å². The summed E-state index contributed by atoms with van der Waals surface area (Å²) in [5.74, 6) is -0.405. The molecule has 1 amide bonds. The molecule has 0 heterocycles. The number of hydrogen-bond donors (Lipinski definition) is 2. The Bertz CT molecular complexity index is 179. The smallest absolute Gasteiger partial charge is 0.255 e.